The zero-order chi connectivity index (χ0) is 12.0. The number of halogens is 2. The van der Waals surface area contributed by atoms with Crippen LogP contribution in [0.4, 0.5) is 0 Å². The third-order valence-corrected chi connectivity index (χ3v) is 3.31. The smallest absolute Gasteiger partial charge is 0.311 e. The van der Waals surface area contributed by atoms with E-state index in [4.69, 9.17) is 4.74 Å². The van der Waals surface area contributed by atoms with Gasteiger partial charge >= 0.3 is 5.97 Å². The molecule has 1 aromatic rings. The molecule has 0 aliphatic rings. The van der Waals surface area contributed by atoms with Gasteiger partial charge in [-0.05, 0) is 28.4 Å². The van der Waals surface area contributed by atoms with Crippen LogP contribution in [0.1, 0.15) is 18.9 Å². The lowest BCUT2D eigenvalue weighted by molar-refractivity contribution is -0.138. The minimum atomic E-state index is -0.234. The van der Waals surface area contributed by atoms with Crippen molar-refractivity contribution < 1.29 is 9.53 Å². The van der Waals surface area contributed by atoms with Crippen LogP contribution in [0.25, 0.3) is 4.48 Å². The molecule has 2 nitrogen and oxygen atoms in total. The highest BCUT2D eigenvalue weighted by Gasteiger charge is 2.07. The van der Waals surface area contributed by atoms with Gasteiger partial charge in [-0.3, -0.25) is 4.79 Å². The quantitative estimate of drug-likeness (QED) is 0.465. The van der Waals surface area contributed by atoms with E-state index in [-0.39, 0.29) is 5.97 Å². The molecule has 0 saturated carbocycles. The highest BCUT2D eigenvalue weighted by Crippen LogP contribution is 2.25. The summed E-state index contributed by atoms with van der Waals surface area (Å²) >= 11 is 6.61. The molecule has 4 heteroatoms. The molecule has 0 aromatic heterocycles. The third-order valence-electron chi connectivity index (χ3n) is 1.90. The Morgan fingerprint density at radius 1 is 1.31 bits per heavy atom. The Hall–Kier alpha value is -0.610. The molecular weight excluding hydrogens is 336 g/mol. The fourth-order valence-corrected chi connectivity index (χ4v) is 1.80. The molecule has 1 rings (SSSR count). The Balaban J connectivity index is 2.77. The molecule has 16 heavy (non-hydrogen) atoms. The SMILES string of the molecule is C/C(OC(=O)CCBr)=C(\Br)c1ccccc1. The van der Waals surface area contributed by atoms with Crippen LogP contribution in [0.5, 0.6) is 0 Å². The first kappa shape index (κ1) is 13.5. The predicted octanol–water partition coefficient (Wildman–Crippen LogP) is 4.10. The van der Waals surface area contributed by atoms with Gasteiger partial charge in [0.15, 0.2) is 0 Å². The van der Waals surface area contributed by atoms with E-state index < -0.39 is 0 Å². The number of ether oxygens (including phenoxy) is 1. The normalized spacial score (nSPS) is 11.9. The fourth-order valence-electron chi connectivity index (χ4n) is 1.13. The van der Waals surface area contributed by atoms with Crippen molar-refractivity contribution in [3.05, 3.63) is 41.7 Å². The molecule has 0 radical (unpaired) electrons. The van der Waals surface area contributed by atoms with Crippen LogP contribution in [0.3, 0.4) is 0 Å². The summed E-state index contributed by atoms with van der Waals surface area (Å²) in [4.78, 5) is 11.3. The van der Waals surface area contributed by atoms with E-state index in [0.29, 0.717) is 17.5 Å². The average molecular weight is 348 g/mol. The van der Waals surface area contributed by atoms with Crippen LogP contribution in [0.15, 0.2) is 36.1 Å². The topological polar surface area (TPSA) is 26.3 Å². The van der Waals surface area contributed by atoms with E-state index in [1.54, 1.807) is 6.92 Å². The summed E-state index contributed by atoms with van der Waals surface area (Å²) in [5.74, 6) is 0.347. The maximum Gasteiger partial charge on any atom is 0.311 e. The van der Waals surface area contributed by atoms with Gasteiger partial charge in [-0.1, -0.05) is 46.3 Å². The molecule has 0 spiro atoms. The number of benzene rings is 1. The second-order valence-corrected chi connectivity index (χ2v) is 4.74. The molecule has 0 N–H and O–H groups in total. The van der Waals surface area contributed by atoms with Crippen molar-refractivity contribution in [3.8, 4) is 0 Å². The molecule has 0 fully saturated rings. The number of esters is 1. The molecule has 0 aliphatic carbocycles. The Morgan fingerprint density at radius 2 is 1.94 bits per heavy atom. The van der Waals surface area contributed by atoms with Crippen LogP contribution in [-0.2, 0) is 9.53 Å². The van der Waals surface area contributed by atoms with Crippen molar-refractivity contribution in [2.45, 2.75) is 13.3 Å². The standard InChI is InChI=1S/C12H12Br2O2/c1-9(16-11(15)7-8-13)12(14)10-5-3-2-4-6-10/h2-6H,7-8H2,1H3/b12-9+. The van der Waals surface area contributed by atoms with Gasteiger partial charge in [-0.25, -0.2) is 0 Å². The monoisotopic (exact) mass is 346 g/mol. The highest BCUT2D eigenvalue weighted by molar-refractivity contribution is 9.15. The van der Waals surface area contributed by atoms with Gasteiger partial charge in [0.05, 0.1) is 10.9 Å². The van der Waals surface area contributed by atoms with Gasteiger partial charge in [0.2, 0.25) is 0 Å². The number of alkyl halides is 1. The summed E-state index contributed by atoms with van der Waals surface area (Å²) in [5, 5.41) is 0.613. The van der Waals surface area contributed by atoms with Gasteiger partial charge in [0, 0.05) is 5.33 Å². The molecule has 0 unspecified atom stereocenters. The van der Waals surface area contributed by atoms with E-state index in [2.05, 4.69) is 31.9 Å². The first-order valence-corrected chi connectivity index (χ1v) is 6.75. The van der Waals surface area contributed by atoms with Crippen LogP contribution in [0, 0.1) is 0 Å². The van der Waals surface area contributed by atoms with Crippen molar-refractivity contribution >= 4 is 42.3 Å². The number of hydrogen-bond donors (Lipinski definition) is 0. The van der Waals surface area contributed by atoms with Gasteiger partial charge < -0.3 is 4.74 Å². The molecule has 0 bridgehead atoms. The summed E-state index contributed by atoms with van der Waals surface area (Å²) in [6.45, 7) is 1.77. The molecular formula is C12H12Br2O2. The molecule has 1 aromatic carbocycles. The van der Waals surface area contributed by atoms with Gasteiger partial charge in [-0.15, -0.1) is 0 Å². The number of rotatable bonds is 4. The van der Waals surface area contributed by atoms with Crippen molar-refractivity contribution in [2.24, 2.45) is 0 Å². The van der Waals surface area contributed by atoms with Crippen molar-refractivity contribution in [1.29, 1.82) is 0 Å². The van der Waals surface area contributed by atoms with Gasteiger partial charge in [0.1, 0.15) is 5.76 Å². The van der Waals surface area contributed by atoms with E-state index in [1.165, 1.54) is 0 Å². The average Bonchev–Trinajstić information content (AvgIpc) is 2.29. The van der Waals surface area contributed by atoms with E-state index in [1.807, 2.05) is 30.3 Å². The van der Waals surface area contributed by atoms with E-state index >= 15 is 0 Å². The molecule has 0 amide bonds. The summed E-state index contributed by atoms with van der Waals surface area (Å²) < 4.78 is 5.97. The fraction of sp³-hybridized carbons (Fsp3) is 0.250. The molecule has 86 valence electrons. The minimum Gasteiger partial charge on any atom is -0.430 e. The van der Waals surface area contributed by atoms with E-state index in [9.17, 15) is 4.79 Å². The summed E-state index contributed by atoms with van der Waals surface area (Å²) in [5.41, 5.74) is 0.992. The lowest BCUT2D eigenvalue weighted by atomic mass is 10.2. The van der Waals surface area contributed by atoms with Crippen LogP contribution < -0.4 is 0 Å². The van der Waals surface area contributed by atoms with Gasteiger partial charge in [-0.2, -0.15) is 0 Å². The third kappa shape index (κ3) is 4.10. The number of allylic oxidation sites excluding steroid dienone is 1. The summed E-state index contributed by atoms with van der Waals surface area (Å²) in [6, 6.07) is 9.71. The second kappa shape index (κ2) is 6.86. The highest BCUT2D eigenvalue weighted by atomic mass is 79.9. The molecule has 0 saturated heterocycles. The van der Waals surface area contributed by atoms with Crippen molar-refractivity contribution in [2.75, 3.05) is 5.33 Å². The molecule has 0 aliphatic heterocycles. The number of carbonyl (C=O) groups excluding carboxylic acids is 1. The summed E-state index contributed by atoms with van der Waals surface area (Å²) in [7, 11) is 0. The Labute approximate surface area is 112 Å². The molecule has 0 heterocycles. The van der Waals surface area contributed by atoms with E-state index in [0.717, 1.165) is 10.0 Å². The first-order valence-electron chi connectivity index (χ1n) is 4.83. The molecule has 0 atom stereocenters. The minimum absolute atomic E-state index is 0.234. The first-order chi connectivity index (χ1) is 7.65. The van der Waals surface area contributed by atoms with Gasteiger partial charge in [0.25, 0.3) is 0 Å². The van der Waals surface area contributed by atoms with Crippen molar-refractivity contribution in [1.82, 2.24) is 0 Å². The maximum atomic E-state index is 11.3. The zero-order valence-electron chi connectivity index (χ0n) is 8.87. The lowest BCUT2D eigenvalue weighted by Crippen LogP contribution is -2.03. The van der Waals surface area contributed by atoms with Crippen molar-refractivity contribution in [3.63, 3.8) is 0 Å². The maximum absolute atomic E-state index is 11.3. The van der Waals surface area contributed by atoms with Crippen LogP contribution >= 0.6 is 31.9 Å². The lowest BCUT2D eigenvalue weighted by Gasteiger charge is -2.07. The summed E-state index contributed by atoms with van der Waals surface area (Å²) in [6.07, 6.45) is 0.367. The largest absolute Gasteiger partial charge is 0.430 e. The Bertz CT molecular complexity index is 385. The second-order valence-electron chi connectivity index (χ2n) is 3.15. The predicted molar refractivity (Wildman–Crippen MR) is 72.5 cm³/mol. The zero-order valence-corrected chi connectivity index (χ0v) is 12.0. The Morgan fingerprint density at radius 3 is 2.50 bits per heavy atom. The van der Waals surface area contributed by atoms with Crippen LogP contribution in [-0.4, -0.2) is 11.3 Å². The number of hydrogen-bond acceptors (Lipinski definition) is 2. The van der Waals surface area contributed by atoms with Crippen LogP contribution in [0.2, 0.25) is 0 Å². The number of carbonyl (C=O) groups is 1. The Kier molecular flexibility index (Phi) is 5.77.